The first-order valence-electron chi connectivity index (χ1n) is 12.5. The molecule has 2 aromatic rings. The number of benzene rings is 2. The van der Waals surface area contributed by atoms with Gasteiger partial charge in [0.05, 0.1) is 11.1 Å². The van der Waals surface area contributed by atoms with Gasteiger partial charge in [0.2, 0.25) is 0 Å². The third-order valence-electron chi connectivity index (χ3n) is 7.41. The summed E-state index contributed by atoms with van der Waals surface area (Å²) < 4.78 is 33.8. The first kappa shape index (κ1) is 26.8. The van der Waals surface area contributed by atoms with E-state index in [9.17, 15) is 18.4 Å². The van der Waals surface area contributed by atoms with Crippen molar-refractivity contribution in [2.75, 3.05) is 6.54 Å². The van der Waals surface area contributed by atoms with Gasteiger partial charge in [-0.05, 0) is 78.9 Å². The maximum Gasteiger partial charge on any atom is 0.354 e. The number of nitrogens with one attached hydrogen (secondary N) is 1. The average molecular weight is 560 g/mol. The van der Waals surface area contributed by atoms with E-state index in [-0.39, 0.29) is 27.6 Å². The van der Waals surface area contributed by atoms with Gasteiger partial charge in [-0.25, -0.2) is 23.4 Å². The highest BCUT2D eigenvalue weighted by molar-refractivity contribution is 8.18. The van der Waals surface area contributed by atoms with E-state index in [1.807, 2.05) is 32.6 Å². The van der Waals surface area contributed by atoms with Crippen LogP contribution < -0.4 is 5.32 Å². The van der Waals surface area contributed by atoms with Gasteiger partial charge in [-0.1, -0.05) is 50.6 Å². The third-order valence-corrected chi connectivity index (χ3v) is 8.77. The summed E-state index contributed by atoms with van der Waals surface area (Å²) in [7, 11) is 0. The minimum absolute atomic E-state index is 0.00988. The van der Waals surface area contributed by atoms with E-state index in [0.29, 0.717) is 23.0 Å². The second kappa shape index (κ2) is 10.1. The fourth-order valence-electron chi connectivity index (χ4n) is 5.45. The largest absolute Gasteiger partial charge is 0.388 e. The van der Waals surface area contributed by atoms with Crippen LogP contribution in [0.1, 0.15) is 51.3 Å². The van der Waals surface area contributed by atoms with Gasteiger partial charge in [-0.15, -0.1) is 0 Å². The molecule has 4 atom stereocenters. The topological polar surface area (TPSA) is 71.0 Å². The van der Waals surface area contributed by atoms with Gasteiger partial charge in [0, 0.05) is 5.70 Å². The normalized spacial score (nSPS) is 26.7. The van der Waals surface area contributed by atoms with Crippen LogP contribution in [0, 0.1) is 23.5 Å². The van der Waals surface area contributed by atoms with Gasteiger partial charge in [0.1, 0.15) is 28.1 Å². The highest BCUT2D eigenvalue weighted by Gasteiger charge is 2.53. The summed E-state index contributed by atoms with van der Waals surface area (Å²) in [5.41, 5.74) is 1.01. The summed E-state index contributed by atoms with van der Waals surface area (Å²) in [4.78, 5) is 33.3. The number of carbonyl (C=O) groups is 2. The van der Waals surface area contributed by atoms with Crippen LogP contribution in [-0.4, -0.2) is 34.6 Å². The second-order valence-corrected chi connectivity index (χ2v) is 11.8. The van der Waals surface area contributed by atoms with Crippen molar-refractivity contribution in [3.05, 3.63) is 80.9 Å². The molecule has 2 aromatic carbocycles. The van der Waals surface area contributed by atoms with Gasteiger partial charge in [0.15, 0.2) is 5.17 Å². The summed E-state index contributed by atoms with van der Waals surface area (Å²) in [6.07, 6.45) is 0.828. The summed E-state index contributed by atoms with van der Waals surface area (Å²) in [5.74, 6) is -2.38. The molecule has 3 heterocycles. The number of halogens is 3. The van der Waals surface area contributed by atoms with Crippen LogP contribution in [0.25, 0.3) is 0 Å². The molecule has 1 saturated heterocycles. The number of rotatable bonds is 5. The first-order valence-corrected chi connectivity index (χ1v) is 13.7. The van der Waals surface area contributed by atoms with Gasteiger partial charge in [0.25, 0.3) is 0 Å². The van der Waals surface area contributed by atoms with E-state index in [4.69, 9.17) is 21.3 Å². The predicted molar refractivity (Wildman–Crippen MR) is 143 cm³/mol. The lowest BCUT2D eigenvalue weighted by Crippen LogP contribution is -2.38. The zero-order valence-electron chi connectivity index (χ0n) is 21.4. The van der Waals surface area contributed by atoms with Crippen molar-refractivity contribution in [1.82, 2.24) is 10.2 Å². The van der Waals surface area contributed by atoms with Crippen molar-refractivity contribution < 1.29 is 23.1 Å². The highest BCUT2D eigenvalue weighted by atomic mass is 35.5. The molecule has 0 bridgehead atoms. The molecule has 0 unspecified atom stereocenters. The minimum atomic E-state index is -0.940. The Balaban J connectivity index is 1.57. The van der Waals surface area contributed by atoms with E-state index in [2.05, 4.69) is 5.32 Å². The zero-order chi connectivity index (χ0) is 27.4. The number of hydrogen-bond donors (Lipinski definition) is 1. The number of nitrogens with zero attached hydrogens (tertiary/aromatic N) is 2. The molecular formula is C28H28ClF2N3O3S. The predicted octanol–water partition coefficient (Wildman–Crippen LogP) is 5.93. The molecule has 1 fully saturated rings. The lowest BCUT2D eigenvalue weighted by atomic mass is 9.81. The second-order valence-electron chi connectivity index (χ2n) is 10.4. The van der Waals surface area contributed by atoms with Crippen molar-refractivity contribution >= 4 is 40.5 Å². The number of thioether (sulfide) groups is 1. The standard InChI is InChI=1S/C28H28ClF2N3O3S/c1-14(2)22-23(26(36)37-25(35)21-15(3)11-12-32-21)38-27-33-28(4,17-6-8-18(30)9-7-17)24(34(22)27)16-5-10-19(29)20(31)13-16/h5-10,13-15,21,24,32H,11-12H2,1-4H3/t15-,21+,24-,28+/m1/s1. The molecule has 3 aliphatic rings. The quantitative estimate of drug-likeness (QED) is 0.362. The van der Waals surface area contributed by atoms with Crippen LogP contribution in [0.15, 0.2) is 58.1 Å². The summed E-state index contributed by atoms with van der Waals surface area (Å²) in [6, 6.07) is 9.52. The number of esters is 2. The Kier molecular flexibility index (Phi) is 7.13. The number of hydrogen-bond acceptors (Lipinski definition) is 7. The molecule has 38 heavy (non-hydrogen) atoms. The van der Waals surface area contributed by atoms with E-state index >= 15 is 0 Å². The summed E-state index contributed by atoms with van der Waals surface area (Å²) in [6.45, 7) is 8.39. The first-order chi connectivity index (χ1) is 18.0. The Hall–Kier alpha value is -2.75. The van der Waals surface area contributed by atoms with Crippen molar-refractivity contribution in [2.24, 2.45) is 16.8 Å². The van der Waals surface area contributed by atoms with Gasteiger partial charge in [-0.3, -0.25) is 0 Å². The highest BCUT2D eigenvalue weighted by Crippen LogP contribution is 2.56. The molecule has 0 aromatic heterocycles. The number of aliphatic imine (C=N–C) groups is 1. The smallest absolute Gasteiger partial charge is 0.354 e. The Morgan fingerprint density at radius 1 is 1.21 bits per heavy atom. The fourth-order valence-corrected chi connectivity index (χ4v) is 6.85. The maximum atomic E-state index is 14.7. The van der Waals surface area contributed by atoms with E-state index in [0.717, 1.165) is 23.7 Å². The molecule has 0 saturated carbocycles. The maximum absolute atomic E-state index is 14.7. The van der Waals surface area contributed by atoms with Crippen LogP contribution in [0.3, 0.4) is 0 Å². The molecule has 0 radical (unpaired) electrons. The number of allylic oxidation sites excluding steroid dienone is 1. The SMILES string of the molecule is CC(C)C1=C(C(=O)OC(=O)[C@H]2NCC[C@H]2C)SC2=N[C@@](C)(c3ccc(F)cc3)[C@@H](c3ccc(Cl)c(F)c3)N21. The van der Waals surface area contributed by atoms with Crippen LogP contribution in [0.2, 0.25) is 5.02 Å². The molecule has 0 amide bonds. The van der Waals surface area contributed by atoms with Crippen molar-refractivity contribution in [3.8, 4) is 0 Å². The Bertz CT molecular complexity index is 1360. The molecule has 5 rings (SSSR count). The zero-order valence-corrected chi connectivity index (χ0v) is 23.0. The number of ether oxygens (including phenoxy) is 1. The van der Waals surface area contributed by atoms with E-state index in [1.54, 1.807) is 18.2 Å². The Morgan fingerprint density at radius 3 is 2.53 bits per heavy atom. The Labute approximate surface area is 229 Å². The summed E-state index contributed by atoms with van der Waals surface area (Å²) in [5, 5.41) is 3.60. The fraction of sp³-hybridized carbons (Fsp3) is 0.393. The van der Waals surface area contributed by atoms with Gasteiger partial charge >= 0.3 is 11.9 Å². The van der Waals surface area contributed by atoms with Crippen molar-refractivity contribution in [2.45, 2.75) is 51.7 Å². The van der Waals surface area contributed by atoms with Crippen molar-refractivity contribution in [1.29, 1.82) is 0 Å². The van der Waals surface area contributed by atoms with Crippen LogP contribution in [0.5, 0.6) is 0 Å². The Morgan fingerprint density at radius 2 is 1.92 bits per heavy atom. The average Bonchev–Trinajstić information content (AvgIpc) is 3.53. The molecule has 10 heteroatoms. The van der Waals surface area contributed by atoms with E-state index < -0.39 is 35.4 Å². The molecule has 3 aliphatic heterocycles. The molecule has 200 valence electrons. The molecule has 1 N–H and O–H groups in total. The molecule has 6 nitrogen and oxygen atoms in total. The number of amidine groups is 1. The molecule has 0 aliphatic carbocycles. The van der Waals surface area contributed by atoms with Crippen LogP contribution >= 0.6 is 23.4 Å². The molecular weight excluding hydrogens is 532 g/mol. The summed E-state index contributed by atoms with van der Waals surface area (Å²) >= 11 is 7.12. The monoisotopic (exact) mass is 559 g/mol. The minimum Gasteiger partial charge on any atom is -0.388 e. The third kappa shape index (κ3) is 4.54. The van der Waals surface area contributed by atoms with Crippen molar-refractivity contribution in [3.63, 3.8) is 0 Å². The lowest BCUT2D eigenvalue weighted by Gasteiger charge is -2.37. The van der Waals surface area contributed by atoms with Gasteiger partial charge < -0.3 is 15.0 Å². The number of carbonyl (C=O) groups excluding carboxylic acids is 2. The molecule has 0 spiro atoms. The van der Waals surface area contributed by atoms with Gasteiger partial charge in [-0.2, -0.15) is 0 Å². The lowest BCUT2D eigenvalue weighted by molar-refractivity contribution is -0.158. The number of fused-ring (bicyclic) bond motifs is 1. The van der Waals surface area contributed by atoms with Crippen LogP contribution in [0.4, 0.5) is 8.78 Å². The van der Waals surface area contributed by atoms with E-state index in [1.165, 1.54) is 24.3 Å². The van der Waals surface area contributed by atoms with Crippen LogP contribution in [-0.2, 0) is 19.9 Å².